The van der Waals surface area contributed by atoms with Crippen LogP contribution in [0.1, 0.15) is 347 Å². The molecule has 0 spiro atoms. The quantitative estimate of drug-likeness (QED) is 0.0358. The summed E-state index contributed by atoms with van der Waals surface area (Å²) in [6.07, 6.45) is 77.2. The van der Waals surface area contributed by atoms with Gasteiger partial charge in [-0.15, -0.1) is 0 Å². The third-order valence-corrected chi connectivity index (χ3v) is 15.8. The van der Waals surface area contributed by atoms with Gasteiger partial charge in [-0.3, -0.25) is 9.59 Å². The van der Waals surface area contributed by atoms with E-state index in [1.165, 1.54) is 308 Å². The van der Waals surface area contributed by atoms with Gasteiger partial charge in [0.25, 0.3) is 0 Å². The van der Waals surface area contributed by atoms with E-state index in [2.05, 4.69) is 19.1 Å². The summed E-state index contributed by atoms with van der Waals surface area (Å²) in [6.45, 7) is 1.21. The van der Waals surface area contributed by atoms with Crippen LogP contribution in [0, 0.1) is 11.3 Å². The lowest BCUT2D eigenvalue weighted by molar-refractivity contribution is -0.155. The fourth-order valence-corrected chi connectivity index (χ4v) is 10.6. The van der Waals surface area contributed by atoms with Crippen LogP contribution in [0.15, 0.2) is 12.2 Å². The SMILES string of the molecule is CCCCCCCCCCCCCCCCCCCCCCCCCCCCCCCC/C=C/CCCCCCCCCCCCCCCCCCCCCC1CC(=O)OCC(CO)(CO)COC1=O. The normalized spacial score (nSPS) is 15.3. The van der Waals surface area contributed by atoms with Crippen LogP contribution in [-0.4, -0.2) is 48.6 Å². The number of unbranched alkanes of at least 4 members (excludes halogenated alkanes) is 49. The first-order valence-electron chi connectivity index (χ1n) is 31.8. The number of aliphatic hydroxyl groups is 2. The molecule has 70 heavy (non-hydrogen) atoms. The number of rotatable bonds is 55. The molecule has 0 aromatic rings. The van der Waals surface area contributed by atoms with Gasteiger partial charge in [-0.05, 0) is 32.1 Å². The van der Waals surface area contributed by atoms with Crippen molar-refractivity contribution < 1.29 is 29.3 Å². The predicted octanol–water partition coefficient (Wildman–Crippen LogP) is 19.9. The van der Waals surface area contributed by atoms with Gasteiger partial charge < -0.3 is 19.7 Å². The Morgan fingerprint density at radius 2 is 0.614 bits per heavy atom. The molecule has 1 atom stereocenters. The van der Waals surface area contributed by atoms with Crippen LogP contribution in [0.2, 0.25) is 0 Å². The van der Waals surface area contributed by atoms with Crippen molar-refractivity contribution in [2.24, 2.45) is 11.3 Å². The van der Waals surface area contributed by atoms with Crippen LogP contribution in [0.25, 0.3) is 0 Å². The van der Waals surface area contributed by atoms with E-state index in [0.717, 1.165) is 19.3 Å². The molecule has 0 bridgehead atoms. The molecule has 1 unspecified atom stereocenters. The molecule has 1 fully saturated rings. The number of esters is 2. The van der Waals surface area contributed by atoms with Crippen molar-refractivity contribution in [3.05, 3.63) is 12.2 Å². The Balaban J connectivity index is 1.69. The highest BCUT2D eigenvalue weighted by Gasteiger charge is 2.36. The molecule has 1 aliphatic rings. The lowest BCUT2D eigenvalue weighted by Gasteiger charge is -2.27. The number of hydrogen-bond acceptors (Lipinski definition) is 6. The van der Waals surface area contributed by atoms with Gasteiger partial charge in [0.15, 0.2) is 0 Å². The summed E-state index contributed by atoms with van der Waals surface area (Å²) in [5.41, 5.74) is -1.12. The van der Waals surface area contributed by atoms with E-state index in [4.69, 9.17) is 9.47 Å². The molecule has 1 rings (SSSR count). The lowest BCUT2D eigenvalue weighted by atomic mass is 9.92. The Morgan fingerprint density at radius 3 is 0.886 bits per heavy atom. The summed E-state index contributed by atoms with van der Waals surface area (Å²) >= 11 is 0. The molecular weight excluding hydrogens is 865 g/mol. The van der Waals surface area contributed by atoms with E-state index < -0.39 is 36.5 Å². The van der Waals surface area contributed by atoms with Crippen LogP contribution in [-0.2, 0) is 19.1 Å². The average Bonchev–Trinajstić information content (AvgIpc) is 3.43. The second kappa shape index (κ2) is 53.9. The van der Waals surface area contributed by atoms with Crippen LogP contribution >= 0.6 is 0 Å². The maximum atomic E-state index is 12.5. The number of carbonyl (C=O) groups excluding carboxylic acids is 2. The maximum absolute atomic E-state index is 12.5. The van der Waals surface area contributed by atoms with Crippen molar-refractivity contribution >= 4 is 11.9 Å². The van der Waals surface area contributed by atoms with Gasteiger partial charge >= 0.3 is 11.9 Å². The molecule has 6 heteroatoms. The van der Waals surface area contributed by atoms with Crippen molar-refractivity contribution in [2.45, 2.75) is 347 Å². The zero-order valence-electron chi connectivity index (χ0n) is 47.1. The second-order valence-corrected chi connectivity index (χ2v) is 22.8. The molecule has 0 aromatic heterocycles. The molecule has 1 heterocycles. The van der Waals surface area contributed by atoms with E-state index >= 15 is 0 Å². The van der Waals surface area contributed by atoms with Gasteiger partial charge in [0.2, 0.25) is 0 Å². The molecule has 0 saturated carbocycles. The van der Waals surface area contributed by atoms with Gasteiger partial charge in [0.1, 0.15) is 13.2 Å². The number of allylic oxidation sites excluding steroid dienone is 2. The third kappa shape index (κ3) is 45.2. The summed E-state index contributed by atoms with van der Waals surface area (Å²) in [5, 5.41) is 19.2. The standard InChI is InChI=1S/C64H122O6/c1-2-3-4-5-6-7-8-9-10-11-12-13-14-15-16-17-18-19-20-21-22-23-24-25-26-27-28-29-30-31-32-33-34-35-36-37-38-39-40-41-42-43-44-45-46-47-48-49-50-51-52-53-54-55-61-56-62(67)69-59-64(57-65,58-66)60-70-63(61)68/h33-34,61,65-66H,2-32,35-60H2,1H3/b34-33+. The molecule has 0 aliphatic carbocycles. The number of cyclic esters (lactones) is 2. The van der Waals surface area contributed by atoms with Crippen molar-refractivity contribution in [1.82, 2.24) is 0 Å². The monoisotopic (exact) mass is 987 g/mol. The van der Waals surface area contributed by atoms with Crippen molar-refractivity contribution in [1.29, 1.82) is 0 Å². The number of ether oxygens (including phenoxy) is 2. The van der Waals surface area contributed by atoms with Gasteiger partial charge in [-0.2, -0.15) is 0 Å². The topological polar surface area (TPSA) is 93.1 Å². The van der Waals surface area contributed by atoms with E-state index in [1.54, 1.807) is 0 Å². The van der Waals surface area contributed by atoms with E-state index in [1.807, 2.05) is 0 Å². The van der Waals surface area contributed by atoms with Gasteiger partial charge in [-0.25, -0.2) is 0 Å². The highest BCUT2D eigenvalue weighted by Crippen LogP contribution is 2.25. The highest BCUT2D eigenvalue weighted by molar-refractivity contribution is 5.80. The van der Waals surface area contributed by atoms with Crippen molar-refractivity contribution in [3.63, 3.8) is 0 Å². The molecule has 0 amide bonds. The lowest BCUT2D eigenvalue weighted by Crippen LogP contribution is -2.40. The minimum atomic E-state index is -1.12. The highest BCUT2D eigenvalue weighted by atomic mass is 16.6. The largest absolute Gasteiger partial charge is 0.465 e. The summed E-state index contributed by atoms with van der Waals surface area (Å²) in [4.78, 5) is 24.7. The summed E-state index contributed by atoms with van der Waals surface area (Å²) in [7, 11) is 0. The molecule has 2 N–H and O–H groups in total. The van der Waals surface area contributed by atoms with Crippen LogP contribution in [0.4, 0.5) is 0 Å². The Hall–Kier alpha value is -1.40. The van der Waals surface area contributed by atoms with Crippen LogP contribution in [0.3, 0.4) is 0 Å². The van der Waals surface area contributed by atoms with E-state index in [0.29, 0.717) is 6.42 Å². The first-order chi connectivity index (χ1) is 34.6. The zero-order valence-corrected chi connectivity index (χ0v) is 47.1. The molecule has 1 saturated heterocycles. The average molecular weight is 988 g/mol. The predicted molar refractivity (Wildman–Crippen MR) is 302 cm³/mol. The van der Waals surface area contributed by atoms with E-state index in [9.17, 15) is 19.8 Å². The minimum Gasteiger partial charge on any atom is -0.465 e. The maximum Gasteiger partial charge on any atom is 0.309 e. The fourth-order valence-electron chi connectivity index (χ4n) is 10.6. The summed E-state index contributed by atoms with van der Waals surface area (Å²) in [5.74, 6) is -1.40. The zero-order chi connectivity index (χ0) is 50.4. The minimum absolute atomic E-state index is 0.00390. The number of hydrogen-bond donors (Lipinski definition) is 2. The first-order valence-corrected chi connectivity index (χ1v) is 31.8. The van der Waals surface area contributed by atoms with Gasteiger partial charge in [-0.1, -0.05) is 321 Å². The molecule has 414 valence electrons. The molecule has 0 radical (unpaired) electrons. The Morgan fingerprint density at radius 1 is 0.371 bits per heavy atom. The molecule has 6 nitrogen and oxygen atoms in total. The molecule has 1 aliphatic heterocycles. The van der Waals surface area contributed by atoms with Gasteiger partial charge in [0.05, 0.1) is 31.0 Å². The second-order valence-electron chi connectivity index (χ2n) is 22.8. The Kier molecular flexibility index (Phi) is 51.3. The van der Waals surface area contributed by atoms with Crippen LogP contribution < -0.4 is 0 Å². The Labute approximate surface area is 436 Å². The van der Waals surface area contributed by atoms with Gasteiger partial charge in [0, 0.05) is 0 Å². The van der Waals surface area contributed by atoms with Crippen molar-refractivity contribution in [3.8, 4) is 0 Å². The molecular formula is C64H122O6. The number of aliphatic hydroxyl groups excluding tert-OH is 2. The third-order valence-electron chi connectivity index (χ3n) is 15.8. The van der Waals surface area contributed by atoms with Crippen LogP contribution in [0.5, 0.6) is 0 Å². The van der Waals surface area contributed by atoms with Crippen molar-refractivity contribution in [2.75, 3.05) is 26.4 Å². The summed E-state index contributed by atoms with van der Waals surface area (Å²) < 4.78 is 10.6. The molecule has 0 aromatic carbocycles. The number of carbonyl (C=O) groups is 2. The fraction of sp³-hybridized carbons (Fsp3) is 0.938. The smallest absolute Gasteiger partial charge is 0.309 e. The Bertz CT molecular complexity index is 1100. The van der Waals surface area contributed by atoms with E-state index in [-0.39, 0.29) is 19.6 Å². The first kappa shape index (κ1) is 66.6. The summed E-state index contributed by atoms with van der Waals surface area (Å²) in [6, 6.07) is 0.